The van der Waals surface area contributed by atoms with Gasteiger partial charge in [0.2, 0.25) is 0 Å². The molecule has 0 radical (unpaired) electrons. The standard InChI is InChI=1S/C20H20O9/c1-11(21)12-6-13(17(22)4-2-16-10-27-20(25)29-16)8-14(7-12)19(24)26-9-15-3-5-18(23)28-15/h6-8,15-16H,2-5,9-10H2,1H3. The van der Waals surface area contributed by atoms with Crippen LogP contribution in [-0.2, 0) is 23.7 Å². The fraction of sp³-hybridized carbons (Fsp3) is 0.450. The first kappa shape index (κ1) is 20.5. The van der Waals surface area contributed by atoms with E-state index in [1.54, 1.807) is 0 Å². The van der Waals surface area contributed by atoms with Crippen molar-refractivity contribution in [3.63, 3.8) is 0 Å². The first-order valence-corrected chi connectivity index (χ1v) is 9.21. The van der Waals surface area contributed by atoms with Crippen LogP contribution in [-0.4, -0.2) is 55.1 Å². The topological polar surface area (TPSA) is 122 Å². The Balaban J connectivity index is 1.66. The first-order valence-electron chi connectivity index (χ1n) is 9.21. The first-order chi connectivity index (χ1) is 13.8. The second-order valence-electron chi connectivity index (χ2n) is 6.87. The second kappa shape index (κ2) is 8.85. The molecule has 0 spiro atoms. The lowest BCUT2D eigenvalue weighted by molar-refractivity contribution is -0.142. The largest absolute Gasteiger partial charge is 0.508 e. The fourth-order valence-electron chi connectivity index (χ4n) is 3.01. The van der Waals surface area contributed by atoms with Crippen LogP contribution in [0.4, 0.5) is 4.79 Å². The lowest BCUT2D eigenvalue weighted by atomic mass is 9.98. The Morgan fingerprint density at radius 2 is 1.76 bits per heavy atom. The number of carbonyl (C=O) groups excluding carboxylic acids is 5. The molecule has 2 unspecified atom stereocenters. The van der Waals surface area contributed by atoms with Crippen molar-refractivity contribution in [3.05, 3.63) is 34.9 Å². The number of Topliss-reactive ketones (excluding diaryl/α,β-unsaturated/α-hetero) is 2. The molecule has 2 aliphatic heterocycles. The number of cyclic esters (lactones) is 3. The van der Waals surface area contributed by atoms with Gasteiger partial charge in [-0.2, -0.15) is 0 Å². The molecule has 29 heavy (non-hydrogen) atoms. The molecule has 1 aromatic rings. The normalized spacial score (nSPS) is 20.6. The van der Waals surface area contributed by atoms with Crippen molar-refractivity contribution < 1.29 is 42.9 Å². The van der Waals surface area contributed by atoms with Crippen LogP contribution >= 0.6 is 0 Å². The molecule has 2 aliphatic rings. The number of benzene rings is 1. The highest BCUT2D eigenvalue weighted by Gasteiger charge is 2.27. The lowest BCUT2D eigenvalue weighted by Gasteiger charge is -2.12. The molecule has 3 rings (SSSR count). The van der Waals surface area contributed by atoms with Crippen molar-refractivity contribution >= 4 is 29.7 Å². The Hall–Kier alpha value is -3.23. The number of ether oxygens (including phenoxy) is 4. The molecule has 154 valence electrons. The number of ketones is 2. The third kappa shape index (κ3) is 5.40. The molecule has 0 bridgehead atoms. The molecule has 0 saturated carbocycles. The predicted octanol–water partition coefficient (Wildman–Crippen LogP) is 2.25. The van der Waals surface area contributed by atoms with Gasteiger partial charge in [-0.05, 0) is 38.0 Å². The summed E-state index contributed by atoms with van der Waals surface area (Å²) in [5.74, 6) is -1.68. The molecule has 9 heteroatoms. The van der Waals surface area contributed by atoms with E-state index in [-0.39, 0.29) is 66.7 Å². The molecule has 0 aromatic heterocycles. The van der Waals surface area contributed by atoms with E-state index in [1.165, 1.54) is 25.1 Å². The van der Waals surface area contributed by atoms with E-state index in [9.17, 15) is 24.0 Å². The monoisotopic (exact) mass is 404 g/mol. The maximum atomic E-state index is 12.5. The molecule has 2 heterocycles. The molecular formula is C20H20O9. The van der Waals surface area contributed by atoms with E-state index in [2.05, 4.69) is 4.74 Å². The average Bonchev–Trinajstić information content (AvgIpc) is 3.31. The number of rotatable bonds is 8. The molecule has 0 aliphatic carbocycles. The van der Waals surface area contributed by atoms with Crippen LogP contribution in [0.3, 0.4) is 0 Å². The zero-order chi connectivity index (χ0) is 21.0. The minimum atomic E-state index is -0.765. The predicted molar refractivity (Wildman–Crippen MR) is 95.6 cm³/mol. The summed E-state index contributed by atoms with van der Waals surface area (Å²) in [5, 5.41) is 0. The van der Waals surface area contributed by atoms with Crippen molar-refractivity contribution in [2.75, 3.05) is 13.2 Å². The van der Waals surface area contributed by atoms with E-state index in [0.717, 1.165) is 0 Å². The van der Waals surface area contributed by atoms with Crippen molar-refractivity contribution in [3.8, 4) is 0 Å². The van der Waals surface area contributed by atoms with Crippen LogP contribution in [0, 0.1) is 0 Å². The Kier molecular flexibility index (Phi) is 6.26. The highest BCUT2D eigenvalue weighted by molar-refractivity contribution is 6.04. The quantitative estimate of drug-likeness (QED) is 0.365. The highest BCUT2D eigenvalue weighted by Crippen LogP contribution is 2.19. The minimum absolute atomic E-state index is 0.0508. The molecular weight excluding hydrogens is 384 g/mol. The van der Waals surface area contributed by atoms with Crippen molar-refractivity contribution in [1.82, 2.24) is 0 Å². The molecule has 2 saturated heterocycles. The van der Waals surface area contributed by atoms with E-state index < -0.39 is 24.3 Å². The minimum Gasteiger partial charge on any atom is -0.459 e. The van der Waals surface area contributed by atoms with Crippen LogP contribution < -0.4 is 0 Å². The van der Waals surface area contributed by atoms with Crippen LogP contribution in [0.25, 0.3) is 0 Å². The summed E-state index contributed by atoms with van der Waals surface area (Å²) in [6, 6.07) is 4.13. The van der Waals surface area contributed by atoms with Crippen molar-refractivity contribution in [2.24, 2.45) is 0 Å². The Morgan fingerprint density at radius 3 is 2.38 bits per heavy atom. The second-order valence-corrected chi connectivity index (χ2v) is 6.87. The van der Waals surface area contributed by atoms with Crippen LogP contribution in [0.2, 0.25) is 0 Å². The van der Waals surface area contributed by atoms with Gasteiger partial charge >= 0.3 is 18.1 Å². The highest BCUT2D eigenvalue weighted by atomic mass is 16.8. The van der Waals surface area contributed by atoms with Gasteiger partial charge in [-0.3, -0.25) is 14.4 Å². The molecule has 2 fully saturated rings. The zero-order valence-corrected chi connectivity index (χ0v) is 15.8. The number of carbonyl (C=O) groups is 5. The van der Waals surface area contributed by atoms with Gasteiger partial charge < -0.3 is 18.9 Å². The third-order valence-electron chi connectivity index (χ3n) is 4.61. The van der Waals surface area contributed by atoms with E-state index in [0.29, 0.717) is 6.42 Å². The lowest BCUT2D eigenvalue weighted by Crippen LogP contribution is -2.19. The Labute approximate surface area is 166 Å². The maximum Gasteiger partial charge on any atom is 0.508 e. The zero-order valence-electron chi connectivity index (χ0n) is 15.8. The van der Waals surface area contributed by atoms with Gasteiger partial charge in [-0.1, -0.05) is 0 Å². The Morgan fingerprint density at radius 1 is 1.03 bits per heavy atom. The summed E-state index contributed by atoms with van der Waals surface area (Å²) in [6.45, 7) is 1.32. The van der Waals surface area contributed by atoms with E-state index in [4.69, 9.17) is 14.2 Å². The molecule has 0 amide bonds. The molecule has 1 aromatic carbocycles. The maximum absolute atomic E-state index is 12.5. The third-order valence-corrected chi connectivity index (χ3v) is 4.61. The molecule has 0 N–H and O–H groups in total. The molecule has 9 nitrogen and oxygen atoms in total. The van der Waals surface area contributed by atoms with E-state index >= 15 is 0 Å². The number of hydrogen-bond donors (Lipinski definition) is 0. The Bertz CT molecular complexity index is 797. The summed E-state index contributed by atoms with van der Waals surface area (Å²) in [4.78, 5) is 58.8. The van der Waals surface area contributed by atoms with Gasteiger partial charge in [-0.15, -0.1) is 0 Å². The van der Waals surface area contributed by atoms with Gasteiger partial charge in [0.15, 0.2) is 11.6 Å². The fourth-order valence-corrected chi connectivity index (χ4v) is 3.01. The average molecular weight is 404 g/mol. The van der Waals surface area contributed by atoms with Crippen molar-refractivity contribution in [1.29, 1.82) is 0 Å². The number of hydrogen-bond acceptors (Lipinski definition) is 9. The summed E-state index contributed by atoms with van der Waals surface area (Å²) in [5.41, 5.74) is 0.439. The van der Waals surface area contributed by atoms with E-state index in [1.807, 2.05) is 0 Å². The van der Waals surface area contributed by atoms with Gasteiger partial charge in [-0.25, -0.2) is 9.59 Å². The van der Waals surface area contributed by atoms with Gasteiger partial charge in [0.1, 0.15) is 25.4 Å². The van der Waals surface area contributed by atoms with Crippen LogP contribution in [0.1, 0.15) is 63.7 Å². The van der Waals surface area contributed by atoms with Gasteiger partial charge in [0.25, 0.3) is 0 Å². The summed E-state index contributed by atoms with van der Waals surface area (Å²) >= 11 is 0. The van der Waals surface area contributed by atoms with Crippen LogP contribution in [0.15, 0.2) is 18.2 Å². The summed E-state index contributed by atoms with van der Waals surface area (Å²) < 4.78 is 19.7. The van der Waals surface area contributed by atoms with Crippen LogP contribution in [0.5, 0.6) is 0 Å². The summed E-state index contributed by atoms with van der Waals surface area (Å²) in [6.07, 6.45) is -0.683. The van der Waals surface area contributed by atoms with Crippen molar-refractivity contribution in [2.45, 2.75) is 44.8 Å². The smallest absolute Gasteiger partial charge is 0.459 e. The molecule has 2 atom stereocenters. The van der Waals surface area contributed by atoms with Gasteiger partial charge in [0.05, 0.1) is 5.56 Å². The number of esters is 2. The SMILES string of the molecule is CC(=O)c1cc(C(=O)CCC2COC(=O)O2)cc(C(=O)OCC2CCC(=O)O2)c1. The van der Waals surface area contributed by atoms with Gasteiger partial charge in [0, 0.05) is 24.0 Å². The summed E-state index contributed by atoms with van der Waals surface area (Å²) in [7, 11) is 0.